The molecular formula is C16H33P. The first-order valence-electron chi connectivity index (χ1n) is 8.09. The molecule has 1 aliphatic rings. The van der Waals surface area contributed by atoms with Crippen LogP contribution < -0.4 is 0 Å². The standard InChI is InChI=1S/C16H33P/c1-3-5-12-16(4-2)15-17-13-10-8-6-7-9-11-14-17/h16H,3-15H2,1-2H3. The number of rotatable bonds is 6. The van der Waals surface area contributed by atoms with Gasteiger partial charge < -0.3 is 0 Å². The maximum Gasteiger partial charge on any atom is -0.0297 e. The smallest absolute Gasteiger partial charge is 0.0297 e. The number of hydrogen-bond acceptors (Lipinski definition) is 0. The van der Waals surface area contributed by atoms with E-state index in [-0.39, 0.29) is 0 Å². The average Bonchev–Trinajstić information content (AvgIpc) is 2.48. The minimum absolute atomic E-state index is 0.406. The van der Waals surface area contributed by atoms with E-state index in [2.05, 4.69) is 13.8 Å². The second-order valence-corrected chi connectivity index (χ2v) is 8.44. The van der Waals surface area contributed by atoms with Crippen LogP contribution in [0.5, 0.6) is 0 Å². The van der Waals surface area contributed by atoms with Crippen LogP contribution in [-0.4, -0.2) is 18.5 Å². The Labute approximate surface area is 111 Å². The minimum atomic E-state index is 0.406. The van der Waals surface area contributed by atoms with Crippen molar-refractivity contribution >= 4 is 7.92 Å². The highest BCUT2D eigenvalue weighted by atomic mass is 31.1. The van der Waals surface area contributed by atoms with Crippen molar-refractivity contribution in [2.45, 2.75) is 78.1 Å². The van der Waals surface area contributed by atoms with Gasteiger partial charge in [-0.3, -0.25) is 0 Å². The first-order chi connectivity index (χ1) is 8.36. The molecule has 1 heteroatoms. The van der Waals surface area contributed by atoms with E-state index in [0.717, 1.165) is 5.92 Å². The van der Waals surface area contributed by atoms with Crippen LogP contribution in [0.1, 0.15) is 78.1 Å². The molecule has 0 spiro atoms. The molecule has 0 bridgehead atoms. The molecule has 1 aliphatic heterocycles. The van der Waals surface area contributed by atoms with Crippen molar-refractivity contribution in [1.29, 1.82) is 0 Å². The quantitative estimate of drug-likeness (QED) is 0.508. The fraction of sp³-hybridized carbons (Fsp3) is 1.00. The molecule has 1 saturated heterocycles. The Kier molecular flexibility index (Phi) is 9.44. The van der Waals surface area contributed by atoms with Crippen LogP contribution in [0.25, 0.3) is 0 Å². The predicted molar refractivity (Wildman–Crippen MR) is 82.5 cm³/mol. The van der Waals surface area contributed by atoms with Crippen molar-refractivity contribution in [2.75, 3.05) is 18.5 Å². The van der Waals surface area contributed by atoms with Gasteiger partial charge in [-0.25, -0.2) is 0 Å². The maximum absolute atomic E-state index is 2.41. The fourth-order valence-electron chi connectivity index (χ4n) is 2.95. The van der Waals surface area contributed by atoms with Crippen LogP contribution in [-0.2, 0) is 0 Å². The summed E-state index contributed by atoms with van der Waals surface area (Å²) in [7, 11) is 0.406. The summed E-state index contributed by atoms with van der Waals surface area (Å²) in [5, 5.41) is 0. The Morgan fingerprint density at radius 1 is 0.882 bits per heavy atom. The largest absolute Gasteiger partial charge is 0.106 e. The molecule has 0 aromatic carbocycles. The summed E-state index contributed by atoms with van der Waals surface area (Å²) >= 11 is 0. The molecule has 1 heterocycles. The van der Waals surface area contributed by atoms with E-state index in [1.54, 1.807) is 18.5 Å². The molecule has 0 amide bonds. The second-order valence-electron chi connectivity index (χ2n) is 5.84. The highest BCUT2D eigenvalue weighted by molar-refractivity contribution is 7.57. The summed E-state index contributed by atoms with van der Waals surface area (Å²) in [5.74, 6) is 1.06. The zero-order valence-corrected chi connectivity index (χ0v) is 13.1. The third-order valence-corrected chi connectivity index (χ3v) is 7.19. The molecule has 0 nitrogen and oxygen atoms in total. The molecule has 1 unspecified atom stereocenters. The zero-order chi connectivity index (χ0) is 12.3. The molecule has 0 radical (unpaired) electrons. The van der Waals surface area contributed by atoms with Gasteiger partial charge in [0.1, 0.15) is 0 Å². The van der Waals surface area contributed by atoms with E-state index in [9.17, 15) is 0 Å². The molecule has 0 aromatic heterocycles. The fourth-order valence-corrected chi connectivity index (χ4v) is 6.06. The number of hydrogen-bond donors (Lipinski definition) is 0. The highest BCUT2D eigenvalue weighted by Gasteiger charge is 2.15. The molecule has 17 heavy (non-hydrogen) atoms. The van der Waals surface area contributed by atoms with Gasteiger partial charge in [0.2, 0.25) is 0 Å². The Hall–Kier alpha value is 0.430. The summed E-state index contributed by atoms with van der Waals surface area (Å²) in [5.41, 5.74) is 0. The van der Waals surface area contributed by atoms with Crippen LogP contribution in [0.2, 0.25) is 0 Å². The SMILES string of the molecule is CCCCC(CC)CP1CCCCCCCC1. The Morgan fingerprint density at radius 2 is 1.47 bits per heavy atom. The van der Waals surface area contributed by atoms with Crippen molar-refractivity contribution < 1.29 is 0 Å². The van der Waals surface area contributed by atoms with Crippen molar-refractivity contribution in [1.82, 2.24) is 0 Å². The lowest BCUT2D eigenvalue weighted by molar-refractivity contribution is 0.496. The van der Waals surface area contributed by atoms with Crippen molar-refractivity contribution in [2.24, 2.45) is 5.92 Å². The Morgan fingerprint density at radius 3 is 2.00 bits per heavy atom. The van der Waals surface area contributed by atoms with Gasteiger partial charge in [0, 0.05) is 0 Å². The van der Waals surface area contributed by atoms with Crippen LogP contribution in [0, 0.1) is 5.92 Å². The minimum Gasteiger partial charge on any atom is -0.106 e. The Bertz CT molecular complexity index is 157. The summed E-state index contributed by atoms with van der Waals surface area (Å²) in [6.45, 7) is 4.74. The summed E-state index contributed by atoms with van der Waals surface area (Å²) < 4.78 is 0. The topological polar surface area (TPSA) is 0 Å². The van der Waals surface area contributed by atoms with Crippen LogP contribution in [0.15, 0.2) is 0 Å². The van der Waals surface area contributed by atoms with E-state index in [0.29, 0.717) is 7.92 Å². The van der Waals surface area contributed by atoms with Gasteiger partial charge in [0.05, 0.1) is 0 Å². The monoisotopic (exact) mass is 256 g/mol. The zero-order valence-electron chi connectivity index (χ0n) is 12.2. The lowest BCUT2D eigenvalue weighted by atomic mass is 10.0. The number of unbranched alkanes of at least 4 members (excludes halogenated alkanes) is 1. The van der Waals surface area contributed by atoms with E-state index in [1.165, 1.54) is 64.2 Å². The third-order valence-electron chi connectivity index (χ3n) is 4.26. The first kappa shape index (κ1) is 15.5. The summed E-state index contributed by atoms with van der Waals surface area (Å²) in [6.07, 6.45) is 19.7. The molecule has 0 saturated carbocycles. The van der Waals surface area contributed by atoms with Gasteiger partial charge in [-0.15, -0.1) is 7.92 Å². The van der Waals surface area contributed by atoms with Gasteiger partial charge in [-0.05, 0) is 37.2 Å². The maximum atomic E-state index is 2.41. The van der Waals surface area contributed by atoms with Gasteiger partial charge >= 0.3 is 0 Å². The first-order valence-corrected chi connectivity index (χ1v) is 9.99. The molecule has 1 fully saturated rings. The molecular weight excluding hydrogens is 223 g/mol. The van der Waals surface area contributed by atoms with E-state index >= 15 is 0 Å². The second kappa shape index (κ2) is 10.4. The molecule has 0 aliphatic carbocycles. The van der Waals surface area contributed by atoms with E-state index in [1.807, 2.05) is 0 Å². The summed E-state index contributed by atoms with van der Waals surface area (Å²) in [4.78, 5) is 0. The molecule has 102 valence electrons. The normalized spacial score (nSPS) is 21.5. The van der Waals surface area contributed by atoms with Crippen LogP contribution in [0.4, 0.5) is 0 Å². The lowest BCUT2D eigenvalue weighted by Gasteiger charge is -2.23. The highest BCUT2D eigenvalue weighted by Crippen LogP contribution is 2.42. The van der Waals surface area contributed by atoms with Gasteiger partial charge in [0.15, 0.2) is 0 Å². The Balaban J connectivity index is 2.28. The van der Waals surface area contributed by atoms with Gasteiger partial charge in [-0.1, -0.05) is 65.2 Å². The van der Waals surface area contributed by atoms with E-state index in [4.69, 9.17) is 0 Å². The van der Waals surface area contributed by atoms with E-state index < -0.39 is 0 Å². The molecule has 1 atom stereocenters. The average molecular weight is 256 g/mol. The van der Waals surface area contributed by atoms with Crippen LogP contribution in [0.3, 0.4) is 0 Å². The van der Waals surface area contributed by atoms with Crippen LogP contribution >= 0.6 is 7.92 Å². The predicted octanol–water partition coefficient (Wildman–Crippen LogP) is 6.04. The van der Waals surface area contributed by atoms with Gasteiger partial charge in [-0.2, -0.15) is 0 Å². The van der Waals surface area contributed by atoms with Gasteiger partial charge in [0.25, 0.3) is 0 Å². The third kappa shape index (κ3) is 7.45. The van der Waals surface area contributed by atoms with Crippen molar-refractivity contribution in [3.8, 4) is 0 Å². The lowest BCUT2D eigenvalue weighted by Crippen LogP contribution is -2.07. The summed E-state index contributed by atoms with van der Waals surface area (Å²) in [6, 6.07) is 0. The van der Waals surface area contributed by atoms with Crippen molar-refractivity contribution in [3.05, 3.63) is 0 Å². The molecule has 0 N–H and O–H groups in total. The van der Waals surface area contributed by atoms with Crippen molar-refractivity contribution in [3.63, 3.8) is 0 Å². The molecule has 1 rings (SSSR count). The molecule has 0 aromatic rings.